The number of rotatable bonds is 7. The van der Waals surface area contributed by atoms with Crippen molar-refractivity contribution in [2.45, 2.75) is 36.8 Å². The Hall–Kier alpha value is -1.25. The van der Waals surface area contributed by atoms with Crippen molar-refractivity contribution in [3.63, 3.8) is 0 Å². The lowest BCUT2D eigenvalue weighted by molar-refractivity contribution is 0.0979. The molecule has 2 aromatic carbocycles. The molecule has 0 amide bonds. The first-order valence-electron chi connectivity index (χ1n) is 7.20. The summed E-state index contributed by atoms with van der Waals surface area (Å²) in [5.74, 6) is 1.07. The standard InChI is InChI=1S/C18H19ClOS/c1-2-3-8-18(20)14-9-11-16(12-10-14)21-13-15-6-4-5-7-17(15)19/h4-7,9-12H,2-3,8,13H2,1H3. The molecule has 0 bridgehead atoms. The van der Waals surface area contributed by atoms with Gasteiger partial charge in [-0.1, -0.05) is 55.3 Å². The molecule has 0 atom stereocenters. The predicted molar refractivity (Wildman–Crippen MR) is 91.3 cm³/mol. The molecule has 0 N–H and O–H groups in total. The largest absolute Gasteiger partial charge is 0.294 e. The molecule has 0 aliphatic heterocycles. The van der Waals surface area contributed by atoms with Crippen molar-refractivity contribution < 1.29 is 4.79 Å². The first-order valence-corrected chi connectivity index (χ1v) is 8.56. The first-order chi connectivity index (χ1) is 10.2. The van der Waals surface area contributed by atoms with Crippen LogP contribution in [0.15, 0.2) is 53.4 Å². The topological polar surface area (TPSA) is 17.1 Å². The molecule has 0 fully saturated rings. The molecule has 0 aliphatic carbocycles. The Morgan fingerprint density at radius 1 is 1.10 bits per heavy atom. The molecule has 110 valence electrons. The SMILES string of the molecule is CCCCC(=O)c1ccc(SCc2ccccc2Cl)cc1. The fourth-order valence-corrected chi connectivity index (χ4v) is 3.18. The normalized spacial score (nSPS) is 10.6. The predicted octanol–water partition coefficient (Wildman–Crippen LogP) is 6.01. The number of thioether (sulfide) groups is 1. The quantitative estimate of drug-likeness (QED) is 0.459. The van der Waals surface area contributed by atoms with Crippen LogP contribution < -0.4 is 0 Å². The molecule has 0 saturated carbocycles. The lowest BCUT2D eigenvalue weighted by Gasteiger charge is -2.05. The third-order valence-corrected chi connectivity index (χ3v) is 4.72. The van der Waals surface area contributed by atoms with Gasteiger partial charge < -0.3 is 0 Å². The highest BCUT2D eigenvalue weighted by atomic mass is 35.5. The van der Waals surface area contributed by atoms with Crippen LogP contribution in [-0.4, -0.2) is 5.78 Å². The zero-order valence-electron chi connectivity index (χ0n) is 12.1. The second-order valence-corrected chi connectivity index (χ2v) is 6.39. The number of carbonyl (C=O) groups excluding carboxylic acids is 1. The summed E-state index contributed by atoms with van der Waals surface area (Å²) in [5, 5.41) is 0.802. The molecule has 0 saturated heterocycles. The molecular weight excluding hydrogens is 300 g/mol. The molecule has 21 heavy (non-hydrogen) atoms. The summed E-state index contributed by atoms with van der Waals surface area (Å²) >= 11 is 7.88. The lowest BCUT2D eigenvalue weighted by Crippen LogP contribution is -1.98. The van der Waals surface area contributed by atoms with E-state index in [0.29, 0.717) is 6.42 Å². The molecule has 0 radical (unpaired) electrons. The van der Waals surface area contributed by atoms with Gasteiger partial charge in [0.05, 0.1) is 0 Å². The van der Waals surface area contributed by atoms with E-state index in [4.69, 9.17) is 11.6 Å². The number of halogens is 1. The first kappa shape index (κ1) is 16.1. The minimum atomic E-state index is 0.236. The Labute approximate surface area is 135 Å². The fraction of sp³-hybridized carbons (Fsp3) is 0.278. The molecule has 0 spiro atoms. The molecule has 0 heterocycles. The maximum atomic E-state index is 11.9. The van der Waals surface area contributed by atoms with Gasteiger partial charge in [0.25, 0.3) is 0 Å². The van der Waals surface area contributed by atoms with Crippen LogP contribution in [0.1, 0.15) is 42.1 Å². The van der Waals surface area contributed by atoms with E-state index < -0.39 is 0 Å². The molecule has 2 aromatic rings. The van der Waals surface area contributed by atoms with E-state index >= 15 is 0 Å². The highest BCUT2D eigenvalue weighted by Gasteiger charge is 2.05. The number of Topliss-reactive ketones (excluding diaryl/α,β-unsaturated/α-hetero) is 1. The summed E-state index contributed by atoms with van der Waals surface area (Å²) in [6.07, 6.45) is 2.65. The van der Waals surface area contributed by atoms with Crippen LogP contribution >= 0.6 is 23.4 Å². The van der Waals surface area contributed by atoms with E-state index in [2.05, 4.69) is 6.92 Å². The van der Waals surface area contributed by atoms with E-state index in [9.17, 15) is 4.79 Å². The van der Waals surface area contributed by atoms with Crippen molar-refractivity contribution >= 4 is 29.1 Å². The molecule has 1 nitrogen and oxygen atoms in total. The van der Waals surface area contributed by atoms with Gasteiger partial charge in [-0.2, -0.15) is 0 Å². The van der Waals surface area contributed by atoms with Crippen molar-refractivity contribution in [2.75, 3.05) is 0 Å². The molecule has 0 aliphatic rings. The molecule has 0 unspecified atom stereocenters. The van der Waals surface area contributed by atoms with E-state index in [-0.39, 0.29) is 5.78 Å². The van der Waals surface area contributed by atoms with Crippen LogP contribution in [-0.2, 0) is 5.75 Å². The van der Waals surface area contributed by atoms with Crippen molar-refractivity contribution in [1.29, 1.82) is 0 Å². The number of hydrogen-bond acceptors (Lipinski definition) is 2. The van der Waals surface area contributed by atoms with Crippen LogP contribution in [0.4, 0.5) is 0 Å². The van der Waals surface area contributed by atoms with Crippen molar-refractivity contribution in [3.05, 3.63) is 64.7 Å². The second kappa shape index (κ2) is 8.26. The van der Waals surface area contributed by atoms with E-state index in [1.165, 1.54) is 0 Å². The minimum Gasteiger partial charge on any atom is -0.294 e. The van der Waals surface area contributed by atoms with E-state index in [0.717, 1.165) is 39.6 Å². The number of benzene rings is 2. The molecule has 0 aromatic heterocycles. The summed E-state index contributed by atoms with van der Waals surface area (Å²) in [6.45, 7) is 2.10. The second-order valence-electron chi connectivity index (χ2n) is 4.93. The molecular formula is C18H19ClOS. The highest BCUT2D eigenvalue weighted by molar-refractivity contribution is 7.98. The summed E-state index contributed by atoms with van der Waals surface area (Å²) < 4.78 is 0. The monoisotopic (exact) mass is 318 g/mol. The number of hydrogen-bond donors (Lipinski definition) is 0. The maximum absolute atomic E-state index is 11.9. The minimum absolute atomic E-state index is 0.236. The summed E-state index contributed by atoms with van der Waals surface area (Å²) in [4.78, 5) is 13.1. The Morgan fingerprint density at radius 2 is 1.81 bits per heavy atom. The van der Waals surface area contributed by atoms with E-state index in [1.54, 1.807) is 11.8 Å². The van der Waals surface area contributed by atoms with Gasteiger partial charge in [-0.3, -0.25) is 4.79 Å². The number of ketones is 1. The van der Waals surface area contributed by atoms with Crippen LogP contribution in [0.3, 0.4) is 0 Å². The molecule has 2 rings (SSSR count). The van der Waals surface area contributed by atoms with Crippen molar-refractivity contribution in [1.82, 2.24) is 0 Å². The zero-order valence-corrected chi connectivity index (χ0v) is 13.7. The zero-order chi connectivity index (χ0) is 15.1. The fourth-order valence-electron chi connectivity index (χ4n) is 2.00. The summed E-state index contributed by atoms with van der Waals surface area (Å²) in [6, 6.07) is 15.8. The van der Waals surface area contributed by atoms with Crippen LogP contribution in [0.5, 0.6) is 0 Å². The van der Waals surface area contributed by atoms with Gasteiger partial charge in [-0.25, -0.2) is 0 Å². The van der Waals surface area contributed by atoms with Gasteiger partial charge in [-0.05, 0) is 30.2 Å². The number of carbonyl (C=O) groups is 1. The summed E-state index contributed by atoms with van der Waals surface area (Å²) in [7, 11) is 0. The van der Waals surface area contributed by atoms with Gasteiger partial charge in [0.15, 0.2) is 5.78 Å². The average Bonchev–Trinajstić information content (AvgIpc) is 2.52. The van der Waals surface area contributed by atoms with Crippen LogP contribution in [0.2, 0.25) is 5.02 Å². The maximum Gasteiger partial charge on any atom is 0.162 e. The van der Waals surface area contributed by atoms with Gasteiger partial charge in [0, 0.05) is 27.7 Å². The third-order valence-electron chi connectivity index (χ3n) is 3.29. The summed E-state index contributed by atoms with van der Waals surface area (Å²) in [5.41, 5.74) is 1.94. The Balaban J connectivity index is 1.93. The number of unbranched alkanes of at least 4 members (excludes halogenated alkanes) is 1. The Morgan fingerprint density at radius 3 is 2.48 bits per heavy atom. The van der Waals surface area contributed by atoms with Gasteiger partial charge in [-0.15, -0.1) is 11.8 Å². The highest BCUT2D eigenvalue weighted by Crippen LogP contribution is 2.26. The van der Waals surface area contributed by atoms with E-state index in [1.807, 2.05) is 48.5 Å². The van der Waals surface area contributed by atoms with Crippen LogP contribution in [0.25, 0.3) is 0 Å². The van der Waals surface area contributed by atoms with Gasteiger partial charge in [0.2, 0.25) is 0 Å². The Bertz CT molecular complexity index is 592. The smallest absolute Gasteiger partial charge is 0.162 e. The van der Waals surface area contributed by atoms with Crippen molar-refractivity contribution in [2.24, 2.45) is 0 Å². The average molecular weight is 319 g/mol. The van der Waals surface area contributed by atoms with Gasteiger partial charge >= 0.3 is 0 Å². The van der Waals surface area contributed by atoms with Crippen LogP contribution in [0, 0.1) is 0 Å². The lowest BCUT2D eigenvalue weighted by atomic mass is 10.1. The Kier molecular flexibility index (Phi) is 6.34. The van der Waals surface area contributed by atoms with Crippen molar-refractivity contribution in [3.8, 4) is 0 Å². The third kappa shape index (κ3) is 4.90. The van der Waals surface area contributed by atoms with Gasteiger partial charge in [0.1, 0.15) is 0 Å². The molecule has 3 heteroatoms.